The van der Waals surface area contributed by atoms with Gasteiger partial charge in [-0.25, -0.2) is 0 Å². The van der Waals surface area contributed by atoms with Crippen LogP contribution in [0.15, 0.2) is 41.8 Å². The molecular weight excluding hydrogens is 324 g/mol. The first kappa shape index (κ1) is 18.2. The molecule has 0 unspecified atom stereocenters. The maximum absolute atomic E-state index is 12.2. The van der Waals surface area contributed by atoms with Gasteiger partial charge in [0.1, 0.15) is 6.33 Å². The zero-order valence-electron chi connectivity index (χ0n) is 14.1. The molecular formula is C17H22N4O2S. The lowest BCUT2D eigenvalue weighted by molar-refractivity contribution is -0.125. The molecule has 7 heteroatoms. The predicted molar refractivity (Wildman–Crippen MR) is 93.9 cm³/mol. The van der Waals surface area contributed by atoms with Crippen LogP contribution < -0.4 is 5.32 Å². The van der Waals surface area contributed by atoms with Crippen molar-refractivity contribution in [1.82, 2.24) is 20.1 Å². The molecule has 6 nitrogen and oxygen atoms in total. The van der Waals surface area contributed by atoms with E-state index in [1.165, 1.54) is 18.7 Å². The van der Waals surface area contributed by atoms with Gasteiger partial charge in [0.25, 0.3) is 0 Å². The zero-order chi connectivity index (χ0) is 17.5. The SMILES string of the molecule is CC(=O)[C@@H](Cc1ccccc1)NC(=O)CSc1nncn1C(C)C. The highest BCUT2D eigenvalue weighted by molar-refractivity contribution is 7.99. The smallest absolute Gasteiger partial charge is 0.231 e. The number of nitrogens with zero attached hydrogens (tertiary/aromatic N) is 3. The highest BCUT2D eigenvalue weighted by atomic mass is 32.2. The van der Waals surface area contributed by atoms with E-state index in [4.69, 9.17) is 0 Å². The fourth-order valence-corrected chi connectivity index (χ4v) is 3.06. The van der Waals surface area contributed by atoms with Crippen LogP contribution in [-0.4, -0.2) is 38.2 Å². The Morgan fingerprint density at radius 2 is 1.96 bits per heavy atom. The van der Waals surface area contributed by atoms with Crippen LogP contribution in [-0.2, 0) is 16.0 Å². The summed E-state index contributed by atoms with van der Waals surface area (Å²) in [6.45, 7) is 5.55. The zero-order valence-corrected chi connectivity index (χ0v) is 14.9. The number of rotatable bonds is 8. The maximum atomic E-state index is 12.2. The normalized spacial score (nSPS) is 12.2. The first-order valence-electron chi connectivity index (χ1n) is 7.83. The van der Waals surface area contributed by atoms with Gasteiger partial charge in [-0.2, -0.15) is 0 Å². The minimum Gasteiger partial charge on any atom is -0.345 e. The van der Waals surface area contributed by atoms with Crippen molar-refractivity contribution in [2.45, 2.75) is 44.4 Å². The van der Waals surface area contributed by atoms with Gasteiger partial charge in [-0.3, -0.25) is 9.59 Å². The number of hydrogen-bond donors (Lipinski definition) is 1. The average Bonchev–Trinajstić information content (AvgIpc) is 3.02. The Balaban J connectivity index is 1.91. The van der Waals surface area contributed by atoms with Crippen LogP contribution in [0.5, 0.6) is 0 Å². The lowest BCUT2D eigenvalue weighted by atomic mass is 10.0. The van der Waals surface area contributed by atoms with Gasteiger partial charge in [-0.1, -0.05) is 42.1 Å². The second-order valence-electron chi connectivity index (χ2n) is 5.82. The number of hydrogen-bond acceptors (Lipinski definition) is 5. The minimum atomic E-state index is -0.511. The van der Waals surface area contributed by atoms with Crippen molar-refractivity contribution in [3.05, 3.63) is 42.2 Å². The first-order chi connectivity index (χ1) is 11.5. The van der Waals surface area contributed by atoms with Crippen LogP contribution in [0.4, 0.5) is 0 Å². The number of thioether (sulfide) groups is 1. The molecule has 0 spiro atoms. The number of Topliss-reactive ketones (excluding diaryl/α,β-unsaturated/α-hetero) is 1. The number of carbonyl (C=O) groups is 2. The highest BCUT2D eigenvalue weighted by Gasteiger charge is 2.18. The fraction of sp³-hybridized carbons (Fsp3) is 0.412. The van der Waals surface area contributed by atoms with Gasteiger partial charge >= 0.3 is 0 Å². The molecule has 128 valence electrons. The first-order valence-corrected chi connectivity index (χ1v) is 8.82. The fourth-order valence-electron chi connectivity index (χ4n) is 2.20. The summed E-state index contributed by atoms with van der Waals surface area (Å²) >= 11 is 1.32. The van der Waals surface area contributed by atoms with Gasteiger partial charge in [0, 0.05) is 6.04 Å². The molecule has 0 bridgehead atoms. The van der Waals surface area contributed by atoms with Crippen LogP contribution in [0.3, 0.4) is 0 Å². The van der Waals surface area contributed by atoms with E-state index in [2.05, 4.69) is 15.5 Å². The lowest BCUT2D eigenvalue weighted by Gasteiger charge is -2.16. The van der Waals surface area contributed by atoms with E-state index in [0.29, 0.717) is 11.6 Å². The van der Waals surface area contributed by atoms with Crippen molar-refractivity contribution in [3.63, 3.8) is 0 Å². The second kappa shape index (κ2) is 8.63. The Hall–Kier alpha value is -2.15. The van der Waals surface area contributed by atoms with Gasteiger partial charge < -0.3 is 9.88 Å². The average molecular weight is 346 g/mol. The lowest BCUT2D eigenvalue weighted by Crippen LogP contribution is -2.42. The molecule has 1 amide bonds. The van der Waals surface area contributed by atoms with Crippen molar-refractivity contribution in [2.75, 3.05) is 5.75 Å². The summed E-state index contributed by atoms with van der Waals surface area (Å²) in [6, 6.07) is 9.37. The summed E-state index contributed by atoms with van der Waals surface area (Å²) in [7, 11) is 0. The van der Waals surface area contributed by atoms with E-state index in [1.807, 2.05) is 48.7 Å². The molecule has 0 aliphatic rings. The van der Waals surface area contributed by atoms with Gasteiger partial charge in [0.05, 0.1) is 11.8 Å². The molecule has 2 rings (SSSR count). The standard InChI is InChI=1S/C17H22N4O2S/c1-12(2)21-11-18-20-17(21)24-10-16(23)19-15(13(3)22)9-14-7-5-4-6-8-14/h4-8,11-12,15H,9-10H2,1-3H3,(H,19,23)/t15-/m1/s1. The molecule has 0 aliphatic heterocycles. The van der Waals surface area contributed by atoms with E-state index in [0.717, 1.165) is 5.56 Å². The van der Waals surface area contributed by atoms with Gasteiger partial charge in [-0.05, 0) is 32.8 Å². The second-order valence-corrected chi connectivity index (χ2v) is 6.77. The minimum absolute atomic E-state index is 0.0532. The van der Waals surface area contributed by atoms with Crippen LogP contribution in [0.2, 0.25) is 0 Å². The van der Waals surface area contributed by atoms with Crippen LogP contribution >= 0.6 is 11.8 Å². The van der Waals surface area contributed by atoms with Crippen molar-refractivity contribution < 1.29 is 9.59 Å². The van der Waals surface area contributed by atoms with Crippen molar-refractivity contribution >= 4 is 23.5 Å². The third-order valence-corrected chi connectivity index (χ3v) is 4.49. The monoisotopic (exact) mass is 346 g/mol. The number of aromatic nitrogens is 3. The number of amides is 1. The molecule has 1 aromatic heterocycles. The summed E-state index contributed by atoms with van der Waals surface area (Å²) in [5.41, 5.74) is 1.02. The van der Waals surface area contributed by atoms with Crippen LogP contribution in [0, 0.1) is 0 Å². The molecule has 0 saturated carbocycles. The van der Waals surface area contributed by atoms with Gasteiger partial charge in [0.2, 0.25) is 5.91 Å². The van der Waals surface area contributed by atoms with E-state index in [1.54, 1.807) is 6.33 Å². The van der Waals surface area contributed by atoms with Crippen LogP contribution in [0.1, 0.15) is 32.4 Å². The van der Waals surface area contributed by atoms with Gasteiger partial charge in [0.15, 0.2) is 10.9 Å². The molecule has 0 aliphatic carbocycles. The summed E-state index contributed by atoms with van der Waals surface area (Å²) in [5, 5.41) is 11.4. The Kier molecular flexibility index (Phi) is 6.54. The molecule has 0 saturated heterocycles. The van der Waals surface area contributed by atoms with Crippen molar-refractivity contribution in [1.29, 1.82) is 0 Å². The molecule has 1 heterocycles. The quantitative estimate of drug-likeness (QED) is 0.742. The van der Waals surface area contributed by atoms with E-state index in [9.17, 15) is 9.59 Å². The number of ketones is 1. The Morgan fingerprint density at radius 1 is 1.25 bits per heavy atom. The van der Waals surface area contributed by atoms with Crippen molar-refractivity contribution in [3.8, 4) is 0 Å². The number of carbonyl (C=O) groups excluding carboxylic acids is 2. The molecule has 0 fully saturated rings. The maximum Gasteiger partial charge on any atom is 0.231 e. The summed E-state index contributed by atoms with van der Waals surface area (Å²) < 4.78 is 1.91. The third-order valence-electron chi connectivity index (χ3n) is 3.54. The highest BCUT2D eigenvalue weighted by Crippen LogP contribution is 2.18. The van der Waals surface area contributed by atoms with E-state index < -0.39 is 6.04 Å². The molecule has 1 atom stereocenters. The summed E-state index contributed by atoms with van der Waals surface area (Å²) in [6.07, 6.45) is 2.15. The van der Waals surface area contributed by atoms with Gasteiger partial charge in [-0.15, -0.1) is 10.2 Å². The molecule has 1 aromatic carbocycles. The number of nitrogens with one attached hydrogen (secondary N) is 1. The van der Waals surface area contributed by atoms with Crippen molar-refractivity contribution in [2.24, 2.45) is 0 Å². The van der Waals surface area contributed by atoms with E-state index >= 15 is 0 Å². The molecule has 1 N–H and O–H groups in total. The Morgan fingerprint density at radius 3 is 2.58 bits per heavy atom. The summed E-state index contributed by atoms with van der Waals surface area (Å²) in [5.74, 6) is -0.0405. The molecule has 0 radical (unpaired) electrons. The largest absolute Gasteiger partial charge is 0.345 e. The Labute approximate surface area is 146 Å². The molecule has 24 heavy (non-hydrogen) atoms. The van der Waals surface area contributed by atoms with E-state index in [-0.39, 0.29) is 23.5 Å². The Bertz CT molecular complexity index is 685. The predicted octanol–water partition coefficient (Wildman–Crippen LogP) is 2.27. The molecule has 2 aromatic rings. The summed E-state index contributed by atoms with van der Waals surface area (Å²) in [4.78, 5) is 24.0. The van der Waals surface area contributed by atoms with Crippen LogP contribution in [0.25, 0.3) is 0 Å². The number of benzene rings is 1. The topological polar surface area (TPSA) is 76.9 Å². The third kappa shape index (κ3) is 5.19.